The molecule has 0 unspecified atom stereocenters. The van der Waals surface area contributed by atoms with Gasteiger partial charge in [-0.3, -0.25) is 4.79 Å². The van der Waals surface area contributed by atoms with E-state index in [-0.39, 0.29) is 5.78 Å². The molecule has 15 heavy (non-hydrogen) atoms. The molecular formula is C12H10N2O. The van der Waals surface area contributed by atoms with E-state index >= 15 is 0 Å². The highest BCUT2D eigenvalue weighted by atomic mass is 16.1. The molecule has 0 radical (unpaired) electrons. The number of aryl methyl sites for hydroxylation is 1. The van der Waals surface area contributed by atoms with Gasteiger partial charge in [-0.2, -0.15) is 0 Å². The molecule has 0 N–H and O–H groups in total. The van der Waals surface area contributed by atoms with E-state index < -0.39 is 0 Å². The Morgan fingerprint density at radius 2 is 2.20 bits per heavy atom. The second kappa shape index (κ2) is 3.05. The fraction of sp³-hybridized carbons (Fsp3) is 0.167. The van der Waals surface area contributed by atoms with E-state index in [1.165, 1.54) is 0 Å². The number of rotatable bonds is 1. The minimum absolute atomic E-state index is 0.266. The Balaban J connectivity index is 2.11. The zero-order chi connectivity index (χ0) is 10.3. The molecule has 3 rings (SSSR count). The van der Waals surface area contributed by atoms with Crippen LogP contribution < -0.4 is 0 Å². The normalized spacial score (nSPS) is 14.3. The summed E-state index contributed by atoms with van der Waals surface area (Å²) in [6, 6.07) is 5.95. The molecule has 0 amide bonds. The second-order valence-electron chi connectivity index (χ2n) is 3.73. The number of nitrogens with zero attached hydrogens (tertiary/aromatic N) is 2. The number of imidazole rings is 1. The van der Waals surface area contributed by atoms with Gasteiger partial charge in [-0.1, -0.05) is 0 Å². The van der Waals surface area contributed by atoms with Crippen LogP contribution in [0.2, 0.25) is 0 Å². The Labute approximate surface area is 87.4 Å². The maximum Gasteiger partial charge on any atom is 0.163 e. The van der Waals surface area contributed by atoms with Crippen LogP contribution in [-0.4, -0.2) is 15.3 Å². The molecule has 0 atom stereocenters. The predicted molar refractivity (Wildman–Crippen MR) is 56.2 cm³/mol. The molecule has 0 bridgehead atoms. The molecule has 1 aromatic heterocycles. The number of fused-ring (bicyclic) bond motifs is 1. The third-order valence-electron chi connectivity index (χ3n) is 2.81. The summed E-state index contributed by atoms with van der Waals surface area (Å²) in [4.78, 5) is 15.4. The lowest BCUT2D eigenvalue weighted by atomic mass is 10.1. The van der Waals surface area contributed by atoms with Gasteiger partial charge in [0.1, 0.15) is 0 Å². The van der Waals surface area contributed by atoms with Gasteiger partial charge in [-0.05, 0) is 30.2 Å². The minimum Gasteiger partial charge on any atom is -0.306 e. The summed E-state index contributed by atoms with van der Waals surface area (Å²) in [5.74, 6) is 0.266. The van der Waals surface area contributed by atoms with Crippen LogP contribution in [-0.2, 0) is 6.42 Å². The molecule has 3 nitrogen and oxygen atoms in total. The van der Waals surface area contributed by atoms with Gasteiger partial charge in [0, 0.05) is 30.1 Å². The van der Waals surface area contributed by atoms with E-state index in [1.54, 1.807) is 12.5 Å². The summed E-state index contributed by atoms with van der Waals surface area (Å²) in [5, 5.41) is 0. The van der Waals surface area contributed by atoms with Crippen molar-refractivity contribution in [3.63, 3.8) is 0 Å². The van der Waals surface area contributed by atoms with Crippen molar-refractivity contribution in [3.8, 4) is 5.69 Å². The number of Topliss-reactive ketones (excluding diaryl/α,β-unsaturated/α-hetero) is 1. The van der Waals surface area contributed by atoms with E-state index in [0.29, 0.717) is 6.42 Å². The molecule has 1 aromatic carbocycles. The Hall–Kier alpha value is -1.90. The molecule has 2 aromatic rings. The highest BCUT2D eigenvalue weighted by Gasteiger charge is 2.19. The fourth-order valence-corrected chi connectivity index (χ4v) is 2.01. The van der Waals surface area contributed by atoms with Crippen molar-refractivity contribution in [2.24, 2.45) is 0 Å². The van der Waals surface area contributed by atoms with Crippen molar-refractivity contribution < 1.29 is 4.79 Å². The van der Waals surface area contributed by atoms with Gasteiger partial charge in [-0.25, -0.2) is 4.98 Å². The van der Waals surface area contributed by atoms with Crippen molar-refractivity contribution >= 4 is 5.78 Å². The van der Waals surface area contributed by atoms with Gasteiger partial charge in [-0.15, -0.1) is 0 Å². The highest BCUT2D eigenvalue weighted by Crippen LogP contribution is 2.24. The zero-order valence-electron chi connectivity index (χ0n) is 8.18. The van der Waals surface area contributed by atoms with Crippen LogP contribution in [0, 0.1) is 0 Å². The monoisotopic (exact) mass is 198 g/mol. The van der Waals surface area contributed by atoms with Gasteiger partial charge in [0.2, 0.25) is 0 Å². The van der Waals surface area contributed by atoms with Crippen LogP contribution in [0.25, 0.3) is 5.69 Å². The Bertz CT molecular complexity index is 514. The molecule has 74 valence electrons. The third kappa shape index (κ3) is 1.28. The van der Waals surface area contributed by atoms with Gasteiger partial charge in [0.15, 0.2) is 5.78 Å². The largest absolute Gasteiger partial charge is 0.306 e. The van der Waals surface area contributed by atoms with Crippen LogP contribution in [0.5, 0.6) is 0 Å². The molecule has 0 fully saturated rings. The summed E-state index contributed by atoms with van der Waals surface area (Å²) in [5.41, 5.74) is 3.12. The Morgan fingerprint density at radius 1 is 1.27 bits per heavy atom. The van der Waals surface area contributed by atoms with Crippen LogP contribution in [0.3, 0.4) is 0 Å². The van der Waals surface area contributed by atoms with Crippen molar-refractivity contribution in [2.45, 2.75) is 12.8 Å². The standard InChI is InChI=1S/C12H10N2O/c15-12-4-1-9-7-10(2-3-11(9)12)14-6-5-13-8-14/h2-3,5-8H,1,4H2. The first-order chi connectivity index (χ1) is 7.34. The number of hydrogen-bond acceptors (Lipinski definition) is 2. The van der Waals surface area contributed by atoms with Crippen LogP contribution >= 0.6 is 0 Å². The summed E-state index contributed by atoms with van der Waals surface area (Å²) >= 11 is 0. The summed E-state index contributed by atoms with van der Waals surface area (Å²) in [6.07, 6.45) is 6.94. The van der Waals surface area contributed by atoms with Crippen molar-refractivity contribution in [1.82, 2.24) is 9.55 Å². The topological polar surface area (TPSA) is 34.9 Å². The highest BCUT2D eigenvalue weighted by molar-refractivity contribution is 6.00. The molecular weight excluding hydrogens is 188 g/mol. The average Bonchev–Trinajstić information content (AvgIpc) is 2.88. The van der Waals surface area contributed by atoms with Crippen molar-refractivity contribution in [3.05, 3.63) is 48.0 Å². The van der Waals surface area contributed by atoms with E-state index in [0.717, 1.165) is 23.2 Å². The smallest absolute Gasteiger partial charge is 0.163 e. The summed E-state index contributed by atoms with van der Waals surface area (Å²) in [7, 11) is 0. The van der Waals surface area contributed by atoms with Crippen LogP contribution in [0.4, 0.5) is 0 Å². The zero-order valence-corrected chi connectivity index (χ0v) is 8.18. The maximum atomic E-state index is 11.4. The van der Waals surface area contributed by atoms with Crippen LogP contribution in [0.15, 0.2) is 36.9 Å². The van der Waals surface area contributed by atoms with E-state index in [9.17, 15) is 4.79 Å². The lowest BCUT2D eigenvalue weighted by Crippen LogP contribution is -1.94. The van der Waals surface area contributed by atoms with Gasteiger partial charge in [0.05, 0.1) is 6.33 Å². The molecule has 1 heterocycles. The quantitative estimate of drug-likeness (QED) is 0.702. The second-order valence-corrected chi connectivity index (χ2v) is 3.73. The predicted octanol–water partition coefficient (Wildman–Crippen LogP) is 2.00. The molecule has 0 spiro atoms. The lowest BCUT2D eigenvalue weighted by molar-refractivity contribution is 0.0994. The van der Waals surface area contributed by atoms with E-state index in [1.807, 2.05) is 22.9 Å². The molecule has 1 aliphatic carbocycles. The summed E-state index contributed by atoms with van der Waals surface area (Å²) < 4.78 is 1.95. The van der Waals surface area contributed by atoms with Crippen molar-refractivity contribution in [1.29, 1.82) is 0 Å². The first-order valence-electron chi connectivity index (χ1n) is 4.99. The van der Waals surface area contributed by atoms with Gasteiger partial charge in [0.25, 0.3) is 0 Å². The van der Waals surface area contributed by atoms with E-state index in [2.05, 4.69) is 11.1 Å². The number of aromatic nitrogens is 2. The van der Waals surface area contributed by atoms with Gasteiger partial charge >= 0.3 is 0 Å². The third-order valence-corrected chi connectivity index (χ3v) is 2.81. The lowest BCUT2D eigenvalue weighted by Gasteiger charge is -2.04. The van der Waals surface area contributed by atoms with Crippen molar-refractivity contribution in [2.75, 3.05) is 0 Å². The molecule has 1 aliphatic rings. The number of hydrogen-bond donors (Lipinski definition) is 0. The number of benzene rings is 1. The summed E-state index contributed by atoms with van der Waals surface area (Å²) in [6.45, 7) is 0. The SMILES string of the molecule is O=C1CCc2cc(-n3ccnc3)ccc21. The number of carbonyl (C=O) groups is 1. The van der Waals surface area contributed by atoms with E-state index in [4.69, 9.17) is 0 Å². The van der Waals surface area contributed by atoms with Crippen LogP contribution in [0.1, 0.15) is 22.3 Å². The molecule has 0 saturated heterocycles. The minimum atomic E-state index is 0.266. The first-order valence-corrected chi connectivity index (χ1v) is 4.99. The Kier molecular flexibility index (Phi) is 1.71. The molecule has 3 heteroatoms. The van der Waals surface area contributed by atoms with Gasteiger partial charge < -0.3 is 4.57 Å². The maximum absolute atomic E-state index is 11.4. The first kappa shape index (κ1) is 8.41. The fourth-order valence-electron chi connectivity index (χ4n) is 2.01. The number of ketones is 1. The number of carbonyl (C=O) groups excluding carboxylic acids is 1. The Morgan fingerprint density at radius 3 is 3.00 bits per heavy atom. The molecule has 0 aliphatic heterocycles. The molecule has 0 saturated carbocycles. The average molecular weight is 198 g/mol.